The minimum Gasteiger partial charge on any atom is -0.469 e. The number of esters is 1. The van der Waals surface area contributed by atoms with E-state index in [2.05, 4.69) is 25.2 Å². The Balaban J connectivity index is 1.49. The van der Waals surface area contributed by atoms with Crippen LogP contribution in [0.5, 0.6) is 0 Å². The Labute approximate surface area is 232 Å². The highest BCUT2D eigenvalue weighted by molar-refractivity contribution is 6.30. The Morgan fingerprint density at radius 2 is 1.92 bits per heavy atom. The van der Waals surface area contributed by atoms with Gasteiger partial charge in [0.25, 0.3) is 5.91 Å². The van der Waals surface area contributed by atoms with E-state index in [9.17, 15) is 14.0 Å². The standard InChI is InChI=1S/C28H32ClFN6O3/c1-17(2)25-26(33-19-7-8-20(29)21(30)13-19)32-15-22(34-25)27(38)36-11-10-35(16-28(36,3)4)23-9-6-18(14-31-23)12-24(37)39-5/h6-9,13-15,17H,10-12,16H2,1-5H3,(H,32,33). The van der Waals surface area contributed by atoms with Crippen molar-refractivity contribution >= 4 is 40.8 Å². The minimum atomic E-state index is -0.541. The van der Waals surface area contributed by atoms with Gasteiger partial charge in [-0.3, -0.25) is 9.59 Å². The molecule has 0 saturated carbocycles. The number of aromatic nitrogens is 3. The van der Waals surface area contributed by atoms with E-state index in [1.807, 2.05) is 44.7 Å². The van der Waals surface area contributed by atoms with E-state index >= 15 is 0 Å². The zero-order valence-corrected chi connectivity index (χ0v) is 23.4. The summed E-state index contributed by atoms with van der Waals surface area (Å²) in [5.41, 5.74) is 1.59. The number of benzene rings is 1. The number of rotatable bonds is 7. The van der Waals surface area contributed by atoms with Gasteiger partial charge in [0.2, 0.25) is 0 Å². The van der Waals surface area contributed by atoms with Crippen LogP contribution in [0.3, 0.4) is 0 Å². The Morgan fingerprint density at radius 3 is 2.54 bits per heavy atom. The summed E-state index contributed by atoms with van der Waals surface area (Å²) in [5.74, 6) is 0.127. The van der Waals surface area contributed by atoms with Crippen LogP contribution in [-0.2, 0) is 16.0 Å². The SMILES string of the molecule is COC(=O)Cc1ccc(N2CCN(C(=O)c3cnc(Nc4ccc(Cl)c(F)c4)c(C(C)C)n3)C(C)(C)C2)nc1. The largest absolute Gasteiger partial charge is 0.469 e. The molecule has 4 rings (SSSR count). The molecule has 1 N–H and O–H groups in total. The number of nitrogens with zero attached hydrogens (tertiary/aromatic N) is 5. The first-order valence-corrected chi connectivity index (χ1v) is 13.0. The zero-order chi connectivity index (χ0) is 28.3. The van der Waals surface area contributed by atoms with Gasteiger partial charge < -0.3 is 19.9 Å². The van der Waals surface area contributed by atoms with Gasteiger partial charge in [0.05, 0.1) is 36.0 Å². The summed E-state index contributed by atoms with van der Waals surface area (Å²) in [6.07, 6.45) is 3.29. The smallest absolute Gasteiger partial charge is 0.310 e. The first-order valence-electron chi connectivity index (χ1n) is 12.7. The number of amides is 1. The molecule has 9 nitrogen and oxygen atoms in total. The minimum absolute atomic E-state index is 0.0331. The lowest BCUT2D eigenvalue weighted by Crippen LogP contribution is -2.61. The van der Waals surface area contributed by atoms with Gasteiger partial charge in [-0.1, -0.05) is 31.5 Å². The van der Waals surface area contributed by atoms with E-state index in [4.69, 9.17) is 16.3 Å². The zero-order valence-electron chi connectivity index (χ0n) is 22.7. The number of anilines is 3. The number of ether oxygens (including phenoxy) is 1. The van der Waals surface area contributed by atoms with Crippen molar-refractivity contribution in [3.05, 3.63) is 70.5 Å². The van der Waals surface area contributed by atoms with Crippen LogP contribution in [0.25, 0.3) is 0 Å². The predicted octanol–water partition coefficient (Wildman–Crippen LogP) is 4.99. The quantitative estimate of drug-likeness (QED) is 0.408. The maximum atomic E-state index is 13.9. The van der Waals surface area contributed by atoms with Crippen LogP contribution in [0, 0.1) is 5.82 Å². The molecule has 3 aromatic rings. The first kappa shape index (κ1) is 28.2. The molecule has 0 radical (unpaired) electrons. The van der Waals surface area contributed by atoms with Gasteiger partial charge in [0, 0.05) is 31.5 Å². The lowest BCUT2D eigenvalue weighted by Gasteiger charge is -2.47. The molecule has 1 aliphatic heterocycles. The van der Waals surface area contributed by atoms with E-state index < -0.39 is 11.4 Å². The summed E-state index contributed by atoms with van der Waals surface area (Å²) in [7, 11) is 1.36. The highest BCUT2D eigenvalue weighted by Crippen LogP contribution is 2.29. The number of halogens is 2. The van der Waals surface area contributed by atoms with Gasteiger partial charge in [-0.05, 0) is 49.6 Å². The van der Waals surface area contributed by atoms with Crippen molar-refractivity contribution in [3.63, 3.8) is 0 Å². The summed E-state index contributed by atoms with van der Waals surface area (Å²) in [6, 6.07) is 8.15. The van der Waals surface area contributed by atoms with Crippen LogP contribution in [0.4, 0.5) is 21.7 Å². The second-order valence-electron chi connectivity index (χ2n) is 10.4. The van der Waals surface area contributed by atoms with Crippen LogP contribution in [0.15, 0.2) is 42.7 Å². The van der Waals surface area contributed by atoms with Gasteiger partial charge >= 0.3 is 5.97 Å². The Bertz CT molecular complexity index is 1370. The molecule has 0 spiro atoms. The molecule has 39 heavy (non-hydrogen) atoms. The molecule has 1 aromatic carbocycles. The third kappa shape index (κ3) is 6.44. The lowest BCUT2D eigenvalue weighted by molar-refractivity contribution is -0.139. The molecule has 0 aliphatic carbocycles. The van der Waals surface area contributed by atoms with Gasteiger partial charge in [-0.15, -0.1) is 0 Å². The topological polar surface area (TPSA) is 101 Å². The average molecular weight is 555 g/mol. The summed E-state index contributed by atoms with van der Waals surface area (Å²) in [4.78, 5) is 42.7. The molecule has 206 valence electrons. The Hall–Kier alpha value is -3.79. The van der Waals surface area contributed by atoms with Crippen LogP contribution in [0.2, 0.25) is 5.02 Å². The molecular weight excluding hydrogens is 523 g/mol. The highest BCUT2D eigenvalue weighted by Gasteiger charge is 2.38. The van der Waals surface area contributed by atoms with Crippen LogP contribution in [-0.4, -0.2) is 64.0 Å². The van der Waals surface area contributed by atoms with Crippen molar-refractivity contribution in [1.82, 2.24) is 19.9 Å². The number of pyridine rings is 1. The second-order valence-corrected chi connectivity index (χ2v) is 10.8. The van der Waals surface area contributed by atoms with Crippen LogP contribution < -0.4 is 10.2 Å². The molecule has 0 atom stereocenters. The summed E-state index contributed by atoms with van der Waals surface area (Å²) in [6.45, 7) is 9.55. The summed E-state index contributed by atoms with van der Waals surface area (Å²) < 4.78 is 18.6. The van der Waals surface area contributed by atoms with Crippen molar-refractivity contribution in [1.29, 1.82) is 0 Å². The molecule has 0 bridgehead atoms. The number of carbonyl (C=O) groups is 2. The number of carbonyl (C=O) groups excluding carboxylic acids is 2. The third-order valence-electron chi connectivity index (χ3n) is 6.60. The number of hydrogen-bond donors (Lipinski definition) is 1. The monoisotopic (exact) mass is 554 g/mol. The third-order valence-corrected chi connectivity index (χ3v) is 6.91. The highest BCUT2D eigenvalue weighted by atomic mass is 35.5. The maximum Gasteiger partial charge on any atom is 0.310 e. The molecule has 1 aliphatic rings. The number of methoxy groups -OCH3 is 1. The molecular formula is C28H32ClFN6O3. The van der Waals surface area contributed by atoms with Crippen molar-refractivity contribution in [2.75, 3.05) is 37.0 Å². The molecule has 2 aromatic heterocycles. The number of nitrogens with one attached hydrogen (secondary N) is 1. The van der Waals surface area contributed by atoms with E-state index in [1.165, 1.54) is 25.4 Å². The Morgan fingerprint density at radius 1 is 1.15 bits per heavy atom. The summed E-state index contributed by atoms with van der Waals surface area (Å²) >= 11 is 5.79. The van der Waals surface area contributed by atoms with E-state index in [1.54, 1.807) is 12.3 Å². The summed E-state index contributed by atoms with van der Waals surface area (Å²) in [5, 5.41) is 3.12. The van der Waals surface area contributed by atoms with Gasteiger partial charge in [-0.25, -0.2) is 19.3 Å². The number of hydrogen-bond acceptors (Lipinski definition) is 8. The fourth-order valence-electron chi connectivity index (χ4n) is 4.53. The molecule has 3 heterocycles. The van der Waals surface area contributed by atoms with E-state index in [0.29, 0.717) is 36.8 Å². The average Bonchev–Trinajstić information content (AvgIpc) is 2.90. The molecule has 11 heteroatoms. The van der Waals surface area contributed by atoms with Crippen LogP contribution in [0.1, 0.15) is 55.4 Å². The second kappa shape index (κ2) is 11.5. The fraction of sp³-hybridized carbons (Fsp3) is 0.393. The lowest BCUT2D eigenvalue weighted by atomic mass is 9.98. The Kier molecular flexibility index (Phi) is 8.34. The van der Waals surface area contributed by atoms with Crippen molar-refractivity contribution in [2.45, 2.75) is 45.6 Å². The maximum absolute atomic E-state index is 13.9. The fourth-order valence-corrected chi connectivity index (χ4v) is 4.65. The normalized spacial score (nSPS) is 14.9. The van der Waals surface area contributed by atoms with Crippen molar-refractivity contribution < 1.29 is 18.7 Å². The van der Waals surface area contributed by atoms with Crippen molar-refractivity contribution in [2.24, 2.45) is 0 Å². The molecule has 1 saturated heterocycles. The van der Waals surface area contributed by atoms with Crippen LogP contribution >= 0.6 is 11.6 Å². The molecule has 1 fully saturated rings. The van der Waals surface area contributed by atoms with Crippen molar-refractivity contribution in [3.8, 4) is 0 Å². The van der Waals surface area contributed by atoms with Gasteiger partial charge in [0.1, 0.15) is 17.3 Å². The molecule has 1 amide bonds. The van der Waals surface area contributed by atoms with E-state index in [0.717, 1.165) is 11.4 Å². The predicted molar refractivity (Wildman–Crippen MR) is 148 cm³/mol. The van der Waals surface area contributed by atoms with Gasteiger partial charge in [-0.2, -0.15) is 0 Å². The molecule has 0 unspecified atom stereocenters. The van der Waals surface area contributed by atoms with E-state index in [-0.39, 0.29) is 34.9 Å². The first-order chi connectivity index (χ1) is 18.5. The number of piperazine rings is 1. The van der Waals surface area contributed by atoms with Gasteiger partial charge in [0.15, 0.2) is 5.82 Å².